The second kappa shape index (κ2) is 19.2. The van der Waals surface area contributed by atoms with Gasteiger partial charge < -0.3 is 56.3 Å². The van der Waals surface area contributed by atoms with Crippen molar-refractivity contribution in [2.45, 2.75) is 115 Å². The van der Waals surface area contributed by atoms with E-state index in [1.165, 1.54) is 6.92 Å². The number of aliphatic hydroxyl groups is 8. The first-order valence-electron chi connectivity index (χ1n) is 13.6. The second-order valence-electron chi connectivity index (χ2n) is 10.1. The van der Waals surface area contributed by atoms with Crippen LogP contribution in [0, 0.1) is 0 Å². The molecule has 0 rings (SSSR count). The molecule has 0 heterocycles. The Balaban J connectivity index is 0. The van der Waals surface area contributed by atoms with E-state index in [0.717, 1.165) is 13.8 Å². The summed E-state index contributed by atoms with van der Waals surface area (Å²) in [6.45, 7) is 5.13. The highest BCUT2D eigenvalue weighted by atomic mass is 16.4. The Hall–Kier alpha value is -3.36. The highest BCUT2D eigenvalue weighted by Crippen LogP contribution is 2.34. The fourth-order valence-corrected chi connectivity index (χ4v) is 3.90. The Bertz CT molecular complexity index is 1100. The number of rotatable bonds is 19. The number of ketones is 5. The normalized spacial score (nSPS) is 18.4. The van der Waals surface area contributed by atoms with Gasteiger partial charge in [-0.1, -0.05) is 13.8 Å². The van der Waals surface area contributed by atoms with E-state index in [0.29, 0.717) is 20.3 Å². The Morgan fingerprint density at radius 1 is 0.756 bits per heavy atom. The van der Waals surface area contributed by atoms with E-state index < -0.39 is 101 Å². The average molecular weight is 653 g/mol. The number of hydrogen-bond acceptors (Lipinski definition) is 16. The lowest BCUT2D eigenvalue weighted by Crippen LogP contribution is -2.79. The molecule has 18 heteroatoms. The summed E-state index contributed by atoms with van der Waals surface area (Å²) in [5.41, 5.74) is -7.21. The summed E-state index contributed by atoms with van der Waals surface area (Å²) in [5.74, 6) is -8.30. The van der Waals surface area contributed by atoms with Crippen LogP contribution in [0.15, 0.2) is 0 Å². The number of nitrogens with one attached hydrogen (secondary N) is 2. The van der Waals surface area contributed by atoms with Crippen LogP contribution >= 0.6 is 0 Å². The lowest BCUT2D eigenvalue weighted by Gasteiger charge is -2.46. The van der Waals surface area contributed by atoms with E-state index in [-0.39, 0.29) is 19.1 Å². The number of amides is 2. The van der Waals surface area contributed by atoms with Crippen LogP contribution in [0.2, 0.25) is 0 Å². The van der Waals surface area contributed by atoms with Crippen molar-refractivity contribution in [2.24, 2.45) is 0 Å². The van der Waals surface area contributed by atoms with Crippen LogP contribution < -0.4 is 10.6 Å². The molecule has 0 aromatic carbocycles. The van der Waals surface area contributed by atoms with E-state index in [1.807, 2.05) is 5.32 Å². The molecule has 0 bridgehead atoms. The number of aldehydes is 1. The molecule has 0 saturated heterocycles. The third-order valence-corrected chi connectivity index (χ3v) is 6.70. The molecule has 2 amide bonds. The Labute approximate surface area is 258 Å². The van der Waals surface area contributed by atoms with E-state index >= 15 is 0 Å². The smallest absolute Gasteiger partial charge is 0.223 e. The van der Waals surface area contributed by atoms with Crippen LogP contribution in [0.3, 0.4) is 0 Å². The van der Waals surface area contributed by atoms with Gasteiger partial charge in [-0.2, -0.15) is 0 Å². The van der Waals surface area contributed by atoms with Crippen LogP contribution in [-0.2, 0) is 38.4 Å². The number of aliphatic hydroxyl groups excluding tert-OH is 6. The minimum absolute atomic E-state index is 0.190. The maximum absolute atomic E-state index is 12.3. The zero-order valence-corrected chi connectivity index (χ0v) is 25.8. The Morgan fingerprint density at radius 3 is 1.58 bits per heavy atom. The summed E-state index contributed by atoms with van der Waals surface area (Å²) in [7, 11) is 0. The quantitative estimate of drug-likeness (QED) is 0.0459. The standard InChI is InChI=1S/C17H25NO10.C10H19NO6/c1-6-11(23)18-14(12(24)7(2)19)16(27,9(4)21)17(28,10(5)22)15(26)13(25)8(3)20;1-2-3-8(15)11-6(4-12)9(16)10(17)7(14)5-13/h13-15,25-28H,6H2,1-5H3,(H,18,23);4,6-7,9-10,13-14,16-17H,2-3,5H2,1H3,(H,11,15)/t13?,14-,15+,16+,17+;6-,7+,9+,10-/m00/s1. The van der Waals surface area contributed by atoms with Gasteiger partial charge in [-0.15, -0.1) is 0 Å². The molecule has 0 aliphatic rings. The molecule has 0 spiro atoms. The zero-order valence-electron chi connectivity index (χ0n) is 25.8. The van der Waals surface area contributed by atoms with Gasteiger partial charge in [0, 0.05) is 19.8 Å². The minimum Gasteiger partial charge on any atom is -0.394 e. The number of carbonyl (C=O) groups is 8. The van der Waals surface area contributed by atoms with E-state index in [2.05, 4.69) is 5.32 Å². The lowest BCUT2D eigenvalue weighted by atomic mass is 9.66. The largest absolute Gasteiger partial charge is 0.394 e. The van der Waals surface area contributed by atoms with Gasteiger partial charge in [0.05, 0.1) is 6.61 Å². The maximum Gasteiger partial charge on any atom is 0.223 e. The molecule has 0 radical (unpaired) electrons. The van der Waals surface area contributed by atoms with Crippen molar-refractivity contribution in [3.63, 3.8) is 0 Å². The summed E-state index contributed by atoms with van der Waals surface area (Å²) in [5, 5.41) is 82.6. The van der Waals surface area contributed by atoms with Crippen LogP contribution in [0.5, 0.6) is 0 Å². The van der Waals surface area contributed by atoms with Crippen LogP contribution in [0.25, 0.3) is 0 Å². The third-order valence-electron chi connectivity index (χ3n) is 6.70. The first kappa shape index (κ1) is 43.8. The monoisotopic (exact) mass is 652 g/mol. The predicted octanol–water partition coefficient (Wildman–Crippen LogP) is -5.46. The summed E-state index contributed by atoms with van der Waals surface area (Å²) >= 11 is 0. The lowest BCUT2D eigenvalue weighted by molar-refractivity contribution is -0.221. The first-order valence-corrected chi connectivity index (χ1v) is 13.6. The van der Waals surface area contributed by atoms with Gasteiger partial charge in [0.25, 0.3) is 0 Å². The highest BCUT2D eigenvalue weighted by Gasteiger charge is 2.67. The molecule has 0 aromatic heterocycles. The molecule has 1 unspecified atom stereocenters. The van der Waals surface area contributed by atoms with Gasteiger partial charge in [-0.05, 0) is 27.2 Å². The molecular formula is C27H44N2O16. The number of hydrogen-bond donors (Lipinski definition) is 10. The number of Topliss-reactive ketones (excluding diaryl/α,β-unsaturated/α-hetero) is 5. The van der Waals surface area contributed by atoms with E-state index in [9.17, 15) is 69.0 Å². The minimum atomic E-state index is -3.62. The number of carbonyl (C=O) groups excluding carboxylic acids is 8. The predicted molar refractivity (Wildman–Crippen MR) is 150 cm³/mol. The van der Waals surface area contributed by atoms with Crippen LogP contribution in [-0.4, -0.2) is 148 Å². The molecule has 0 aliphatic heterocycles. The fraction of sp³-hybridized carbons (Fsp3) is 0.704. The molecule has 45 heavy (non-hydrogen) atoms. The molecule has 258 valence electrons. The maximum atomic E-state index is 12.3. The van der Waals surface area contributed by atoms with Gasteiger partial charge in [0.2, 0.25) is 17.6 Å². The summed E-state index contributed by atoms with van der Waals surface area (Å²) < 4.78 is 0. The topological polar surface area (TPSA) is 322 Å². The first-order chi connectivity index (χ1) is 20.6. The van der Waals surface area contributed by atoms with E-state index in [4.69, 9.17) is 10.2 Å². The Morgan fingerprint density at radius 2 is 1.24 bits per heavy atom. The fourth-order valence-electron chi connectivity index (χ4n) is 3.90. The summed E-state index contributed by atoms with van der Waals surface area (Å²) in [4.78, 5) is 93.5. The zero-order chi connectivity index (χ0) is 36.0. The van der Waals surface area contributed by atoms with Gasteiger partial charge in [0.15, 0.2) is 34.3 Å². The van der Waals surface area contributed by atoms with Gasteiger partial charge in [-0.25, -0.2) is 0 Å². The molecule has 0 fully saturated rings. The van der Waals surface area contributed by atoms with Gasteiger partial charge in [-0.3, -0.25) is 33.6 Å². The van der Waals surface area contributed by atoms with Gasteiger partial charge >= 0.3 is 0 Å². The molecule has 0 aromatic rings. The SMILES string of the molecule is CCC(=O)N[C@@H](C(=O)C(C)=O)[C@](O)(C(C)=O)[C@@](O)(C(C)=O)[C@H](O)C(O)C(C)=O.CCCC(=O)N[C@@H](C=O)[C@@H](O)[C@@H](O)[C@H](O)CO. The summed E-state index contributed by atoms with van der Waals surface area (Å²) in [6.07, 6.45) is -9.39. The van der Waals surface area contributed by atoms with Crippen molar-refractivity contribution in [2.75, 3.05) is 6.61 Å². The third kappa shape index (κ3) is 10.9. The van der Waals surface area contributed by atoms with Crippen molar-refractivity contribution >= 4 is 47.0 Å². The molecule has 0 saturated carbocycles. The van der Waals surface area contributed by atoms with Crippen molar-refractivity contribution < 1.29 is 79.2 Å². The van der Waals surface area contributed by atoms with Crippen molar-refractivity contribution in [3.05, 3.63) is 0 Å². The Kier molecular flexibility index (Phi) is 18.7. The van der Waals surface area contributed by atoms with E-state index in [1.54, 1.807) is 6.92 Å². The molecule has 9 atom stereocenters. The molecule has 18 nitrogen and oxygen atoms in total. The second-order valence-corrected chi connectivity index (χ2v) is 10.1. The van der Waals surface area contributed by atoms with Crippen LogP contribution in [0.1, 0.15) is 60.8 Å². The van der Waals surface area contributed by atoms with Gasteiger partial charge in [0.1, 0.15) is 48.9 Å². The van der Waals surface area contributed by atoms with Crippen molar-refractivity contribution in [1.82, 2.24) is 10.6 Å². The molecular weight excluding hydrogens is 608 g/mol. The van der Waals surface area contributed by atoms with Crippen molar-refractivity contribution in [3.8, 4) is 0 Å². The molecule has 10 N–H and O–H groups in total. The van der Waals surface area contributed by atoms with Crippen molar-refractivity contribution in [1.29, 1.82) is 0 Å². The summed E-state index contributed by atoms with van der Waals surface area (Å²) in [6, 6.07) is -3.79. The average Bonchev–Trinajstić information content (AvgIpc) is 2.99. The highest BCUT2D eigenvalue weighted by molar-refractivity contribution is 6.39. The molecule has 0 aliphatic carbocycles. The van der Waals surface area contributed by atoms with Crippen LogP contribution in [0.4, 0.5) is 0 Å².